The Kier molecular flexibility index (Phi) is 8.01. The van der Waals surface area contributed by atoms with Crippen molar-refractivity contribution in [2.75, 3.05) is 12.4 Å². The summed E-state index contributed by atoms with van der Waals surface area (Å²) in [5, 5.41) is 16.9. The molecule has 3 aromatic carbocycles. The number of rotatable bonds is 7. The molecular formula is C28H16ClF6N5O5. The Bertz CT molecular complexity index is 1960. The van der Waals surface area contributed by atoms with Gasteiger partial charge in [-0.1, -0.05) is 29.8 Å². The maximum absolute atomic E-state index is 14.1. The average Bonchev–Trinajstić information content (AvgIpc) is 3.32. The zero-order chi connectivity index (χ0) is 32.7. The van der Waals surface area contributed by atoms with Crippen LogP contribution < -0.4 is 14.8 Å². The Morgan fingerprint density at radius 2 is 1.64 bits per heavy atom. The maximum atomic E-state index is 14.1. The first-order valence-corrected chi connectivity index (χ1v) is 12.8. The van der Waals surface area contributed by atoms with Crippen LogP contribution in [0.25, 0.3) is 16.9 Å². The highest BCUT2D eigenvalue weighted by Gasteiger charge is 2.37. The van der Waals surface area contributed by atoms with E-state index in [9.17, 15) is 41.3 Å². The zero-order valence-electron chi connectivity index (χ0n) is 22.4. The zero-order valence-corrected chi connectivity index (χ0v) is 23.2. The lowest BCUT2D eigenvalue weighted by Crippen LogP contribution is -2.16. The summed E-state index contributed by atoms with van der Waals surface area (Å²) in [6.45, 7) is 0. The number of benzene rings is 3. The number of non-ortho nitro benzene ring substituents is 1. The molecule has 1 N–H and O–H groups in total. The van der Waals surface area contributed by atoms with Gasteiger partial charge in [0.2, 0.25) is 0 Å². The summed E-state index contributed by atoms with van der Waals surface area (Å²) in [4.78, 5) is 28.0. The van der Waals surface area contributed by atoms with Crippen LogP contribution in [0.3, 0.4) is 0 Å². The highest BCUT2D eigenvalue weighted by atomic mass is 35.5. The smallest absolute Gasteiger partial charge is 0.433 e. The van der Waals surface area contributed by atoms with E-state index in [-0.39, 0.29) is 28.4 Å². The molecule has 0 aliphatic heterocycles. The minimum atomic E-state index is -4.96. The quantitative estimate of drug-likeness (QED) is 0.107. The number of methoxy groups -OCH3 is 1. The first-order chi connectivity index (χ1) is 21.1. The third-order valence-corrected chi connectivity index (χ3v) is 6.51. The normalized spacial score (nSPS) is 11.8. The lowest BCUT2D eigenvalue weighted by molar-refractivity contribution is -0.384. The van der Waals surface area contributed by atoms with Gasteiger partial charge in [-0.25, -0.2) is 9.50 Å². The fourth-order valence-corrected chi connectivity index (χ4v) is 4.40. The van der Waals surface area contributed by atoms with Crippen molar-refractivity contribution in [2.24, 2.45) is 0 Å². The maximum Gasteiger partial charge on any atom is 0.433 e. The molecule has 0 fully saturated rings. The van der Waals surface area contributed by atoms with Crippen LogP contribution in [0.5, 0.6) is 17.2 Å². The van der Waals surface area contributed by atoms with Crippen LogP contribution in [0.15, 0.2) is 72.8 Å². The second-order valence-electron chi connectivity index (χ2n) is 9.21. The molecule has 10 nitrogen and oxygen atoms in total. The van der Waals surface area contributed by atoms with E-state index in [1.165, 1.54) is 31.4 Å². The lowest BCUT2D eigenvalue weighted by atomic mass is 10.1. The largest absolute Gasteiger partial charge is 0.497 e. The van der Waals surface area contributed by atoms with Gasteiger partial charge in [-0.15, -0.1) is 0 Å². The van der Waals surface area contributed by atoms with Crippen LogP contribution in [0, 0.1) is 10.1 Å². The summed E-state index contributed by atoms with van der Waals surface area (Å²) >= 11 is 6.31. The molecule has 2 aromatic heterocycles. The molecule has 5 rings (SSSR count). The molecule has 1 amide bonds. The van der Waals surface area contributed by atoms with Gasteiger partial charge in [0.25, 0.3) is 11.6 Å². The molecule has 0 atom stereocenters. The molecule has 0 unspecified atom stereocenters. The summed E-state index contributed by atoms with van der Waals surface area (Å²) in [6, 6.07) is 13.3. The lowest BCUT2D eigenvalue weighted by Gasteiger charge is -2.11. The van der Waals surface area contributed by atoms with Crippen molar-refractivity contribution in [3.63, 3.8) is 0 Å². The second-order valence-corrected chi connectivity index (χ2v) is 9.59. The molecule has 0 saturated heterocycles. The monoisotopic (exact) mass is 651 g/mol. The van der Waals surface area contributed by atoms with Gasteiger partial charge in [0.1, 0.15) is 22.3 Å². The number of hydrogen-bond acceptors (Lipinski definition) is 7. The minimum absolute atomic E-state index is 0.155. The highest BCUT2D eigenvalue weighted by Crippen LogP contribution is 2.37. The van der Waals surface area contributed by atoms with Crippen LogP contribution in [0.4, 0.5) is 37.7 Å². The predicted molar refractivity (Wildman–Crippen MR) is 148 cm³/mol. The van der Waals surface area contributed by atoms with E-state index in [4.69, 9.17) is 21.1 Å². The predicted octanol–water partition coefficient (Wildman–Crippen LogP) is 8.05. The number of halogens is 7. The van der Waals surface area contributed by atoms with Crippen molar-refractivity contribution in [3.05, 3.63) is 105 Å². The Balaban J connectivity index is 1.52. The van der Waals surface area contributed by atoms with Gasteiger partial charge in [-0.2, -0.15) is 31.4 Å². The number of nitro benzene ring substituents is 1. The number of amides is 1. The van der Waals surface area contributed by atoms with E-state index in [0.29, 0.717) is 22.4 Å². The van der Waals surface area contributed by atoms with Gasteiger partial charge in [0.15, 0.2) is 17.0 Å². The topological polar surface area (TPSA) is 121 Å². The van der Waals surface area contributed by atoms with Crippen molar-refractivity contribution in [2.45, 2.75) is 12.4 Å². The van der Waals surface area contributed by atoms with Crippen molar-refractivity contribution in [1.82, 2.24) is 14.6 Å². The van der Waals surface area contributed by atoms with Crippen LogP contribution in [-0.2, 0) is 12.4 Å². The summed E-state index contributed by atoms with van der Waals surface area (Å²) in [6.07, 6.45) is -9.66. The summed E-state index contributed by atoms with van der Waals surface area (Å²) in [5.74, 6) is -1.48. The number of nitrogens with one attached hydrogen (secondary N) is 1. The van der Waals surface area contributed by atoms with E-state index >= 15 is 0 Å². The average molecular weight is 652 g/mol. The van der Waals surface area contributed by atoms with E-state index in [1.54, 1.807) is 6.07 Å². The molecule has 0 bridgehead atoms. The number of hydrogen-bond donors (Lipinski definition) is 1. The third-order valence-electron chi connectivity index (χ3n) is 6.16. The fraction of sp³-hybridized carbons (Fsp3) is 0.107. The summed E-state index contributed by atoms with van der Waals surface area (Å²) in [7, 11) is 1.37. The standard InChI is InChI=1S/C28H16ClF6N5O5/c1-44-18-6-2-4-14(8-18)21-13-22(28(33,34)35)39-25(37-21)23(29)24(38-39)26(41)36-16-10-17(40(42)43)12-20(11-16)45-19-7-3-5-15(9-19)27(30,31)32/h2-13H,1H3,(H,36,41). The third kappa shape index (κ3) is 6.59. The number of fused-ring (bicyclic) bond motifs is 1. The first-order valence-electron chi connectivity index (χ1n) is 12.4. The van der Waals surface area contributed by atoms with Crippen molar-refractivity contribution >= 4 is 34.5 Å². The second kappa shape index (κ2) is 11.6. The number of carbonyl (C=O) groups excluding carboxylic acids is 1. The van der Waals surface area contributed by atoms with Crippen molar-refractivity contribution in [3.8, 4) is 28.5 Å². The van der Waals surface area contributed by atoms with E-state index in [0.717, 1.165) is 30.3 Å². The molecule has 0 aliphatic carbocycles. The Morgan fingerprint density at radius 3 is 2.31 bits per heavy atom. The molecule has 0 aliphatic rings. The van der Waals surface area contributed by atoms with Crippen molar-refractivity contribution in [1.29, 1.82) is 0 Å². The van der Waals surface area contributed by atoms with E-state index in [2.05, 4.69) is 15.4 Å². The number of carbonyl (C=O) groups is 1. The van der Waals surface area contributed by atoms with Gasteiger partial charge in [0, 0.05) is 17.7 Å². The van der Waals surface area contributed by atoms with Crippen LogP contribution >= 0.6 is 11.6 Å². The van der Waals surface area contributed by atoms with Gasteiger partial charge in [-0.05, 0) is 36.4 Å². The van der Waals surface area contributed by atoms with E-state index < -0.39 is 56.5 Å². The molecule has 0 saturated carbocycles. The van der Waals surface area contributed by atoms with Gasteiger partial charge in [0.05, 0.1) is 35.0 Å². The molecule has 2 heterocycles. The number of anilines is 1. The Labute approximate surface area is 252 Å². The summed E-state index contributed by atoms with van der Waals surface area (Å²) in [5.41, 5.74) is -4.40. The van der Waals surface area contributed by atoms with Crippen LogP contribution in [0.1, 0.15) is 21.7 Å². The molecule has 0 spiro atoms. The number of ether oxygens (including phenoxy) is 2. The molecule has 232 valence electrons. The SMILES string of the molecule is COc1cccc(-c2cc(C(F)(F)F)n3nc(C(=O)Nc4cc(Oc5cccc(C(F)(F)F)c5)cc([N+](=O)[O-])c4)c(Cl)c3n2)c1. The Morgan fingerprint density at radius 1 is 0.933 bits per heavy atom. The van der Waals surface area contributed by atoms with Crippen LogP contribution in [0.2, 0.25) is 5.02 Å². The highest BCUT2D eigenvalue weighted by molar-refractivity contribution is 6.37. The minimum Gasteiger partial charge on any atom is -0.497 e. The molecule has 0 radical (unpaired) electrons. The van der Waals surface area contributed by atoms with Gasteiger partial charge >= 0.3 is 12.4 Å². The summed E-state index contributed by atoms with van der Waals surface area (Å²) < 4.78 is 92.4. The Hall–Kier alpha value is -5.38. The molecular weight excluding hydrogens is 636 g/mol. The number of aromatic nitrogens is 3. The van der Waals surface area contributed by atoms with Crippen LogP contribution in [-0.4, -0.2) is 32.5 Å². The number of alkyl halides is 6. The van der Waals surface area contributed by atoms with Crippen molar-refractivity contribution < 1.29 is 45.5 Å². The van der Waals surface area contributed by atoms with E-state index in [1.807, 2.05) is 0 Å². The fourth-order valence-electron chi connectivity index (χ4n) is 4.15. The van der Waals surface area contributed by atoms with Gasteiger partial charge in [-0.3, -0.25) is 14.9 Å². The molecule has 45 heavy (non-hydrogen) atoms. The van der Waals surface area contributed by atoms with Gasteiger partial charge < -0.3 is 14.8 Å². The number of nitrogens with zero attached hydrogens (tertiary/aromatic N) is 4. The molecule has 17 heteroatoms. The first kappa shape index (κ1) is 31.1. The number of nitro groups is 1. The molecule has 5 aromatic rings.